The van der Waals surface area contributed by atoms with Gasteiger partial charge in [0, 0.05) is 29.3 Å². The molecule has 0 aliphatic carbocycles. The van der Waals surface area contributed by atoms with Crippen LogP contribution in [0.4, 0.5) is 0 Å². The van der Waals surface area contributed by atoms with Crippen molar-refractivity contribution in [3.05, 3.63) is 27.1 Å². The lowest BCUT2D eigenvalue weighted by Crippen LogP contribution is -2.14. The van der Waals surface area contributed by atoms with E-state index in [-0.39, 0.29) is 5.56 Å². The van der Waals surface area contributed by atoms with Crippen molar-refractivity contribution in [2.24, 2.45) is 5.73 Å². The summed E-state index contributed by atoms with van der Waals surface area (Å²) in [7, 11) is 0. The summed E-state index contributed by atoms with van der Waals surface area (Å²) in [6.45, 7) is 4.53. The molecule has 0 saturated heterocycles. The Morgan fingerprint density at radius 2 is 2.41 bits per heavy atom. The summed E-state index contributed by atoms with van der Waals surface area (Å²) in [5.41, 5.74) is 6.16. The SMILES string of the molecule is Cc1cc(=O)n2nc(CSC(C)CN)sc2n1. The molecule has 17 heavy (non-hydrogen) atoms. The average Bonchev–Trinajstić information content (AvgIpc) is 2.69. The van der Waals surface area contributed by atoms with Crippen molar-refractivity contribution in [3.8, 4) is 0 Å². The van der Waals surface area contributed by atoms with E-state index in [2.05, 4.69) is 17.0 Å². The number of aryl methyl sites for hydroxylation is 1. The monoisotopic (exact) mass is 270 g/mol. The molecule has 0 spiro atoms. The van der Waals surface area contributed by atoms with E-state index >= 15 is 0 Å². The highest BCUT2D eigenvalue weighted by Gasteiger charge is 2.09. The average molecular weight is 270 g/mol. The highest BCUT2D eigenvalue weighted by molar-refractivity contribution is 7.99. The second-order valence-corrected chi connectivity index (χ2v) is 6.25. The maximum atomic E-state index is 11.6. The van der Waals surface area contributed by atoms with Gasteiger partial charge >= 0.3 is 0 Å². The van der Waals surface area contributed by atoms with E-state index in [1.165, 1.54) is 21.9 Å². The van der Waals surface area contributed by atoms with Gasteiger partial charge in [-0.2, -0.15) is 21.4 Å². The molecule has 0 aromatic carbocycles. The molecule has 2 aromatic heterocycles. The Kier molecular flexibility index (Phi) is 3.80. The Hall–Kier alpha value is -0.920. The first-order valence-corrected chi connectivity index (χ1v) is 7.14. The summed E-state index contributed by atoms with van der Waals surface area (Å²) in [4.78, 5) is 16.6. The molecule has 0 aliphatic rings. The lowest BCUT2D eigenvalue weighted by atomic mass is 10.5. The Morgan fingerprint density at radius 1 is 1.65 bits per heavy atom. The normalized spacial score (nSPS) is 13.1. The molecule has 2 aromatic rings. The lowest BCUT2D eigenvalue weighted by Gasteiger charge is -2.04. The van der Waals surface area contributed by atoms with Gasteiger partial charge in [0.25, 0.3) is 5.56 Å². The van der Waals surface area contributed by atoms with E-state index < -0.39 is 0 Å². The second kappa shape index (κ2) is 5.16. The van der Waals surface area contributed by atoms with Crippen LogP contribution in [0, 0.1) is 6.92 Å². The van der Waals surface area contributed by atoms with Gasteiger partial charge in [0.05, 0.1) is 0 Å². The largest absolute Gasteiger partial charge is 0.329 e. The predicted molar refractivity (Wildman–Crippen MR) is 71.7 cm³/mol. The third kappa shape index (κ3) is 2.85. The van der Waals surface area contributed by atoms with Crippen molar-refractivity contribution in [1.29, 1.82) is 0 Å². The van der Waals surface area contributed by atoms with Crippen molar-refractivity contribution in [2.45, 2.75) is 24.9 Å². The molecule has 0 radical (unpaired) electrons. The van der Waals surface area contributed by atoms with Gasteiger partial charge in [-0.05, 0) is 6.92 Å². The fourth-order valence-electron chi connectivity index (χ4n) is 1.30. The quantitative estimate of drug-likeness (QED) is 0.898. The van der Waals surface area contributed by atoms with Gasteiger partial charge in [-0.3, -0.25) is 4.79 Å². The van der Waals surface area contributed by atoms with Crippen molar-refractivity contribution in [1.82, 2.24) is 14.6 Å². The molecule has 7 heteroatoms. The highest BCUT2D eigenvalue weighted by Crippen LogP contribution is 2.20. The molecule has 2 rings (SSSR count). The van der Waals surface area contributed by atoms with E-state index in [1.54, 1.807) is 11.8 Å². The van der Waals surface area contributed by atoms with Gasteiger partial charge in [-0.15, -0.1) is 0 Å². The summed E-state index contributed by atoms with van der Waals surface area (Å²) in [6.07, 6.45) is 0. The molecule has 5 nitrogen and oxygen atoms in total. The van der Waals surface area contributed by atoms with E-state index in [0.29, 0.717) is 16.8 Å². The predicted octanol–water partition coefficient (Wildman–Crippen LogP) is 1.04. The van der Waals surface area contributed by atoms with Crippen LogP contribution in [-0.2, 0) is 5.75 Å². The molecule has 0 saturated carbocycles. The summed E-state index contributed by atoms with van der Waals surface area (Å²) < 4.78 is 1.36. The first-order valence-electron chi connectivity index (χ1n) is 5.28. The van der Waals surface area contributed by atoms with Gasteiger partial charge in [-0.1, -0.05) is 18.3 Å². The zero-order valence-electron chi connectivity index (χ0n) is 9.71. The van der Waals surface area contributed by atoms with Crippen LogP contribution in [0.2, 0.25) is 0 Å². The molecule has 0 amide bonds. The molecule has 0 bridgehead atoms. The smallest absolute Gasteiger partial charge is 0.275 e. The van der Waals surface area contributed by atoms with Crippen LogP contribution in [0.15, 0.2) is 10.9 Å². The summed E-state index contributed by atoms with van der Waals surface area (Å²) >= 11 is 3.19. The Bertz CT molecular complexity index is 577. The number of nitrogens with two attached hydrogens (primary N) is 1. The first kappa shape index (κ1) is 12.5. The maximum absolute atomic E-state index is 11.6. The number of aromatic nitrogens is 3. The van der Waals surface area contributed by atoms with E-state index in [0.717, 1.165) is 16.5 Å². The van der Waals surface area contributed by atoms with Crippen molar-refractivity contribution >= 4 is 28.1 Å². The van der Waals surface area contributed by atoms with E-state index in [1.807, 2.05) is 6.92 Å². The van der Waals surface area contributed by atoms with Crippen LogP contribution >= 0.6 is 23.1 Å². The maximum Gasteiger partial charge on any atom is 0.275 e. The van der Waals surface area contributed by atoms with Gasteiger partial charge < -0.3 is 5.73 Å². The zero-order chi connectivity index (χ0) is 12.4. The first-order chi connectivity index (χ1) is 8.10. The molecule has 0 aliphatic heterocycles. The number of hydrogen-bond donors (Lipinski definition) is 1. The molecule has 92 valence electrons. The van der Waals surface area contributed by atoms with Crippen LogP contribution in [0.1, 0.15) is 17.6 Å². The topological polar surface area (TPSA) is 73.3 Å². The molecular weight excluding hydrogens is 256 g/mol. The molecule has 0 fully saturated rings. The summed E-state index contributed by atoms with van der Waals surface area (Å²) in [5.74, 6) is 0.769. The Labute approximate surface area is 107 Å². The van der Waals surface area contributed by atoms with Crippen molar-refractivity contribution < 1.29 is 0 Å². The van der Waals surface area contributed by atoms with Crippen LogP contribution in [0.5, 0.6) is 0 Å². The molecular formula is C10H14N4OS2. The molecule has 1 atom stereocenters. The fraction of sp³-hybridized carbons (Fsp3) is 0.500. The zero-order valence-corrected chi connectivity index (χ0v) is 11.3. The van der Waals surface area contributed by atoms with Gasteiger partial charge in [0.1, 0.15) is 5.01 Å². The minimum Gasteiger partial charge on any atom is -0.329 e. The number of nitrogens with zero attached hydrogens (tertiary/aromatic N) is 3. The van der Waals surface area contributed by atoms with Crippen LogP contribution in [-0.4, -0.2) is 26.4 Å². The van der Waals surface area contributed by atoms with Crippen LogP contribution < -0.4 is 11.3 Å². The minimum atomic E-state index is -0.119. The molecule has 2 N–H and O–H groups in total. The van der Waals surface area contributed by atoms with Crippen LogP contribution in [0.3, 0.4) is 0 Å². The minimum absolute atomic E-state index is 0.119. The van der Waals surface area contributed by atoms with Gasteiger partial charge in [-0.25, -0.2) is 4.98 Å². The third-order valence-corrected chi connectivity index (χ3v) is 4.53. The van der Waals surface area contributed by atoms with Crippen molar-refractivity contribution in [3.63, 3.8) is 0 Å². The van der Waals surface area contributed by atoms with Gasteiger partial charge in [0.15, 0.2) is 0 Å². The number of thioether (sulfide) groups is 1. The Morgan fingerprint density at radius 3 is 3.12 bits per heavy atom. The number of fused-ring (bicyclic) bond motifs is 1. The van der Waals surface area contributed by atoms with Crippen molar-refractivity contribution in [2.75, 3.05) is 6.54 Å². The molecule has 1 unspecified atom stereocenters. The lowest BCUT2D eigenvalue weighted by molar-refractivity contribution is 0.868. The summed E-state index contributed by atoms with van der Waals surface area (Å²) in [5, 5.41) is 5.56. The van der Waals surface area contributed by atoms with Gasteiger partial charge in [0.2, 0.25) is 4.96 Å². The standard InChI is InChI=1S/C10H14N4OS2/c1-6-3-9(15)14-10(12-6)17-8(13-14)5-16-7(2)4-11/h3,7H,4-5,11H2,1-2H3. The van der Waals surface area contributed by atoms with E-state index in [9.17, 15) is 4.79 Å². The Balaban J connectivity index is 2.26. The fourth-order valence-corrected chi connectivity index (χ4v) is 3.10. The van der Waals surface area contributed by atoms with Crippen LogP contribution in [0.25, 0.3) is 4.96 Å². The number of rotatable bonds is 4. The number of hydrogen-bond acceptors (Lipinski definition) is 6. The third-order valence-electron chi connectivity index (χ3n) is 2.24. The highest BCUT2D eigenvalue weighted by atomic mass is 32.2. The second-order valence-electron chi connectivity index (χ2n) is 3.78. The molecule has 2 heterocycles. The summed E-state index contributed by atoms with van der Waals surface area (Å²) in [6, 6.07) is 1.49. The van der Waals surface area contributed by atoms with E-state index in [4.69, 9.17) is 5.73 Å².